The molecule has 4 rings (SSSR count). The highest BCUT2D eigenvalue weighted by atomic mass is 32.2. The number of fused-ring (bicyclic) bond motifs is 2. The predicted molar refractivity (Wildman–Crippen MR) is 97.3 cm³/mol. The van der Waals surface area contributed by atoms with E-state index >= 15 is 0 Å². The summed E-state index contributed by atoms with van der Waals surface area (Å²) >= 11 is 1.33. The van der Waals surface area contributed by atoms with E-state index in [4.69, 9.17) is 9.15 Å². The van der Waals surface area contributed by atoms with Gasteiger partial charge in [-0.2, -0.15) is 0 Å². The van der Waals surface area contributed by atoms with Gasteiger partial charge in [-0.1, -0.05) is 23.9 Å². The quantitative estimate of drug-likeness (QED) is 0.437. The van der Waals surface area contributed by atoms with Crippen LogP contribution >= 0.6 is 11.8 Å². The third-order valence-corrected chi connectivity index (χ3v) is 4.62. The van der Waals surface area contributed by atoms with Crippen molar-refractivity contribution in [2.75, 3.05) is 7.11 Å². The largest absolute Gasteiger partial charge is 0.465 e. The summed E-state index contributed by atoms with van der Waals surface area (Å²) in [5.74, 6) is 0.369. The smallest absolute Gasteiger partial charge is 0.337 e. The molecule has 0 saturated carbocycles. The van der Waals surface area contributed by atoms with Crippen LogP contribution in [0.4, 0.5) is 0 Å². The van der Waals surface area contributed by atoms with E-state index in [0.717, 1.165) is 5.52 Å². The lowest BCUT2D eigenvalue weighted by atomic mass is 10.1. The van der Waals surface area contributed by atoms with Gasteiger partial charge in [0.05, 0.1) is 29.3 Å². The number of rotatable bonds is 4. The van der Waals surface area contributed by atoms with Crippen molar-refractivity contribution in [1.29, 1.82) is 0 Å². The van der Waals surface area contributed by atoms with Gasteiger partial charge in [-0.05, 0) is 30.3 Å². The summed E-state index contributed by atoms with van der Waals surface area (Å²) < 4.78 is 10.3. The zero-order valence-electron chi connectivity index (χ0n) is 13.7. The molecule has 1 N–H and O–H groups in total. The molecule has 0 unspecified atom stereocenters. The number of nitrogens with one attached hydrogen (secondary N) is 1. The Hall–Kier alpha value is -3.13. The van der Waals surface area contributed by atoms with Gasteiger partial charge in [-0.25, -0.2) is 14.8 Å². The van der Waals surface area contributed by atoms with Crippen LogP contribution < -0.4 is 5.56 Å². The lowest BCUT2D eigenvalue weighted by Gasteiger charge is -2.04. The maximum absolute atomic E-state index is 12.2. The SMILES string of the molecule is COC(=O)c1ccc2c(=O)[nH]c(CSc3nc4ccccc4o3)nc2c1. The third-order valence-electron chi connectivity index (χ3n) is 3.78. The van der Waals surface area contributed by atoms with Gasteiger partial charge in [0.1, 0.15) is 11.3 Å². The Labute approximate surface area is 151 Å². The topological polar surface area (TPSA) is 98.1 Å². The van der Waals surface area contributed by atoms with Gasteiger partial charge >= 0.3 is 5.97 Å². The molecule has 0 aliphatic rings. The number of aromatic amines is 1. The first kappa shape index (κ1) is 16.3. The number of para-hydroxylation sites is 2. The highest BCUT2D eigenvalue weighted by molar-refractivity contribution is 7.98. The molecule has 2 heterocycles. The van der Waals surface area contributed by atoms with Crippen molar-refractivity contribution in [3.63, 3.8) is 0 Å². The number of carbonyl (C=O) groups is 1. The zero-order chi connectivity index (χ0) is 18.1. The molecule has 0 aliphatic carbocycles. The van der Waals surface area contributed by atoms with Gasteiger partial charge in [0.15, 0.2) is 5.58 Å². The fourth-order valence-electron chi connectivity index (χ4n) is 2.54. The van der Waals surface area contributed by atoms with Crippen LogP contribution in [0.25, 0.3) is 22.0 Å². The number of benzene rings is 2. The Kier molecular flexibility index (Phi) is 4.18. The number of thioether (sulfide) groups is 1. The molecule has 0 fully saturated rings. The van der Waals surface area contributed by atoms with Crippen LogP contribution in [0.1, 0.15) is 16.2 Å². The number of methoxy groups -OCH3 is 1. The van der Waals surface area contributed by atoms with Crippen molar-refractivity contribution in [2.45, 2.75) is 11.0 Å². The van der Waals surface area contributed by atoms with Gasteiger partial charge in [-0.15, -0.1) is 0 Å². The third kappa shape index (κ3) is 3.06. The number of nitrogens with zero attached hydrogens (tertiary/aromatic N) is 2. The Bertz CT molecular complexity index is 1150. The standard InChI is InChI=1S/C18H13N3O4S/c1-24-17(23)10-6-7-11-13(8-10)19-15(21-16(11)22)9-26-18-20-12-4-2-3-5-14(12)25-18/h2-8H,9H2,1H3,(H,19,21,22). The van der Waals surface area contributed by atoms with Crippen molar-refractivity contribution in [2.24, 2.45) is 0 Å². The molecule has 2 aromatic heterocycles. The fourth-order valence-corrected chi connectivity index (χ4v) is 3.25. The molecular formula is C18H13N3O4S. The van der Waals surface area contributed by atoms with Crippen molar-refractivity contribution in [3.05, 3.63) is 64.2 Å². The second-order valence-electron chi connectivity index (χ2n) is 5.47. The zero-order valence-corrected chi connectivity index (χ0v) is 14.5. The minimum Gasteiger partial charge on any atom is -0.465 e. The second-order valence-corrected chi connectivity index (χ2v) is 6.40. The van der Waals surface area contributed by atoms with Crippen LogP contribution in [-0.2, 0) is 10.5 Å². The van der Waals surface area contributed by atoms with E-state index in [1.54, 1.807) is 12.1 Å². The molecule has 0 aliphatic heterocycles. The number of ether oxygens (including phenoxy) is 1. The normalized spacial score (nSPS) is 11.1. The molecule has 7 nitrogen and oxygen atoms in total. The molecule has 130 valence electrons. The lowest BCUT2D eigenvalue weighted by Crippen LogP contribution is -2.12. The minimum atomic E-state index is -0.476. The maximum atomic E-state index is 12.2. The number of hydrogen-bond donors (Lipinski definition) is 1. The number of oxazole rings is 1. The van der Waals surface area contributed by atoms with E-state index in [9.17, 15) is 9.59 Å². The summed E-state index contributed by atoms with van der Waals surface area (Å²) in [6, 6.07) is 12.1. The average molecular weight is 367 g/mol. The van der Waals surface area contributed by atoms with Crippen molar-refractivity contribution < 1.29 is 13.9 Å². The first-order valence-electron chi connectivity index (χ1n) is 7.74. The number of hydrogen-bond acceptors (Lipinski definition) is 7. The van der Waals surface area contributed by atoms with Crippen LogP contribution in [0.15, 0.2) is 56.9 Å². The molecule has 0 atom stereocenters. The Morgan fingerprint density at radius 1 is 1.19 bits per heavy atom. The Morgan fingerprint density at radius 2 is 2.04 bits per heavy atom. The highest BCUT2D eigenvalue weighted by Gasteiger charge is 2.11. The van der Waals surface area contributed by atoms with Crippen LogP contribution in [0, 0.1) is 0 Å². The fraction of sp³-hybridized carbons (Fsp3) is 0.111. The van der Waals surface area contributed by atoms with Crippen molar-refractivity contribution in [1.82, 2.24) is 15.0 Å². The molecule has 8 heteroatoms. The number of esters is 1. The molecular weight excluding hydrogens is 354 g/mol. The van der Waals surface area contributed by atoms with E-state index in [1.165, 1.54) is 24.9 Å². The number of carbonyl (C=O) groups excluding carboxylic acids is 1. The van der Waals surface area contributed by atoms with Crippen molar-refractivity contribution in [3.8, 4) is 0 Å². The summed E-state index contributed by atoms with van der Waals surface area (Å²) in [6.45, 7) is 0. The molecule has 26 heavy (non-hydrogen) atoms. The first-order chi connectivity index (χ1) is 12.6. The Balaban J connectivity index is 1.63. The van der Waals surface area contributed by atoms with E-state index < -0.39 is 5.97 Å². The van der Waals surface area contributed by atoms with E-state index in [-0.39, 0.29) is 5.56 Å². The Morgan fingerprint density at radius 3 is 2.85 bits per heavy atom. The first-order valence-corrected chi connectivity index (χ1v) is 8.72. The molecule has 0 bridgehead atoms. The lowest BCUT2D eigenvalue weighted by molar-refractivity contribution is 0.0601. The van der Waals surface area contributed by atoms with E-state index in [2.05, 4.69) is 15.0 Å². The van der Waals surface area contributed by atoms with Gasteiger partial charge in [0.2, 0.25) is 0 Å². The minimum absolute atomic E-state index is 0.264. The molecule has 0 radical (unpaired) electrons. The van der Waals surface area contributed by atoms with E-state index in [0.29, 0.717) is 38.8 Å². The summed E-state index contributed by atoms with van der Waals surface area (Å²) in [7, 11) is 1.31. The summed E-state index contributed by atoms with van der Waals surface area (Å²) in [5, 5.41) is 0.908. The number of aromatic nitrogens is 3. The molecule has 0 spiro atoms. The van der Waals surface area contributed by atoms with Gasteiger partial charge < -0.3 is 14.1 Å². The second kappa shape index (κ2) is 6.64. The van der Waals surface area contributed by atoms with Crippen LogP contribution in [0.2, 0.25) is 0 Å². The summed E-state index contributed by atoms with van der Waals surface area (Å²) in [6.07, 6.45) is 0. The highest BCUT2D eigenvalue weighted by Crippen LogP contribution is 2.25. The predicted octanol–water partition coefficient (Wildman–Crippen LogP) is 3.14. The van der Waals surface area contributed by atoms with E-state index in [1.807, 2.05) is 24.3 Å². The summed E-state index contributed by atoms with van der Waals surface area (Å²) in [5.41, 5.74) is 2.00. The van der Waals surface area contributed by atoms with Gasteiger partial charge in [0, 0.05) is 0 Å². The average Bonchev–Trinajstić information content (AvgIpc) is 3.08. The van der Waals surface area contributed by atoms with Crippen LogP contribution in [0.3, 0.4) is 0 Å². The molecule has 0 saturated heterocycles. The molecule has 0 amide bonds. The van der Waals surface area contributed by atoms with Crippen molar-refractivity contribution >= 4 is 39.7 Å². The molecule has 2 aromatic carbocycles. The maximum Gasteiger partial charge on any atom is 0.337 e. The van der Waals surface area contributed by atoms with Crippen LogP contribution in [-0.4, -0.2) is 28.0 Å². The van der Waals surface area contributed by atoms with Crippen LogP contribution in [0.5, 0.6) is 0 Å². The molecule has 4 aromatic rings. The van der Waals surface area contributed by atoms with Gasteiger partial charge in [0.25, 0.3) is 10.8 Å². The monoisotopic (exact) mass is 367 g/mol. The number of H-pyrrole nitrogens is 1. The van der Waals surface area contributed by atoms with Gasteiger partial charge in [-0.3, -0.25) is 4.79 Å². The summed E-state index contributed by atoms with van der Waals surface area (Å²) in [4.78, 5) is 35.5.